The van der Waals surface area contributed by atoms with Crippen molar-refractivity contribution >= 4 is 17.8 Å². The summed E-state index contributed by atoms with van der Waals surface area (Å²) in [5, 5.41) is 27.3. The second kappa shape index (κ2) is 6.58. The first-order valence-corrected chi connectivity index (χ1v) is 6.51. The predicted molar refractivity (Wildman–Crippen MR) is 80.9 cm³/mol. The third kappa shape index (κ3) is 3.96. The highest BCUT2D eigenvalue weighted by Crippen LogP contribution is 2.25. The highest BCUT2D eigenvalue weighted by atomic mass is 16.4. The van der Waals surface area contributed by atoms with E-state index in [1.807, 2.05) is 0 Å². The Morgan fingerprint density at radius 3 is 2.45 bits per heavy atom. The molecule has 0 saturated heterocycles. The predicted octanol–water partition coefficient (Wildman–Crippen LogP) is 2.62. The Hall–Kier alpha value is -3.08. The summed E-state index contributed by atoms with van der Waals surface area (Å²) in [6.45, 7) is 0. The van der Waals surface area contributed by atoms with E-state index in [-0.39, 0.29) is 23.7 Å². The van der Waals surface area contributed by atoms with Gasteiger partial charge in [0.2, 0.25) is 0 Å². The van der Waals surface area contributed by atoms with Crippen LogP contribution >= 0.6 is 0 Å². The lowest BCUT2D eigenvalue weighted by molar-refractivity contribution is -0.136. The molecule has 0 spiro atoms. The molecule has 0 bridgehead atoms. The first kappa shape index (κ1) is 15.3. The molecule has 112 valence electrons. The van der Waals surface area contributed by atoms with Crippen LogP contribution in [0.2, 0.25) is 0 Å². The van der Waals surface area contributed by atoms with Crippen LogP contribution in [0.1, 0.15) is 21.5 Å². The fraction of sp³-hybridized carbons (Fsp3) is 0.0588. The van der Waals surface area contributed by atoms with Gasteiger partial charge in [-0.1, -0.05) is 30.3 Å². The van der Waals surface area contributed by atoms with Crippen LogP contribution in [0, 0.1) is 0 Å². The number of carbonyl (C=O) groups excluding carboxylic acids is 1. The van der Waals surface area contributed by atoms with Crippen molar-refractivity contribution in [2.24, 2.45) is 0 Å². The molecular formula is C17H14O5. The van der Waals surface area contributed by atoms with Gasteiger partial charge in [0.05, 0.1) is 6.42 Å². The largest absolute Gasteiger partial charge is 0.504 e. The van der Waals surface area contributed by atoms with Crippen molar-refractivity contribution in [2.45, 2.75) is 6.42 Å². The molecule has 2 aromatic rings. The Balaban J connectivity index is 2.16. The summed E-state index contributed by atoms with van der Waals surface area (Å²) in [7, 11) is 0. The van der Waals surface area contributed by atoms with Gasteiger partial charge in [0.25, 0.3) is 0 Å². The Labute approximate surface area is 126 Å². The lowest BCUT2D eigenvalue weighted by atomic mass is 10.0. The second-order valence-electron chi connectivity index (χ2n) is 4.72. The van der Waals surface area contributed by atoms with Gasteiger partial charge in [0, 0.05) is 5.56 Å². The SMILES string of the molecule is O=C(O)Cc1cccc(C(=O)C=Cc2ccc(O)c(O)c2)c1. The van der Waals surface area contributed by atoms with Gasteiger partial charge >= 0.3 is 5.97 Å². The topological polar surface area (TPSA) is 94.8 Å². The fourth-order valence-electron chi connectivity index (χ4n) is 1.92. The van der Waals surface area contributed by atoms with Gasteiger partial charge < -0.3 is 15.3 Å². The number of hydrogen-bond acceptors (Lipinski definition) is 4. The van der Waals surface area contributed by atoms with E-state index in [1.54, 1.807) is 24.3 Å². The summed E-state index contributed by atoms with van der Waals surface area (Å²) in [6, 6.07) is 10.6. The smallest absolute Gasteiger partial charge is 0.307 e. The van der Waals surface area contributed by atoms with Gasteiger partial charge in [-0.3, -0.25) is 9.59 Å². The number of carbonyl (C=O) groups is 2. The molecule has 2 rings (SSSR count). The average Bonchev–Trinajstić information content (AvgIpc) is 2.48. The number of phenols is 2. The molecule has 0 unspecified atom stereocenters. The van der Waals surface area contributed by atoms with Crippen molar-refractivity contribution in [1.82, 2.24) is 0 Å². The number of carboxylic acids is 1. The molecule has 0 heterocycles. The fourth-order valence-corrected chi connectivity index (χ4v) is 1.92. The van der Waals surface area contributed by atoms with Crippen LogP contribution in [0.4, 0.5) is 0 Å². The van der Waals surface area contributed by atoms with Gasteiger partial charge in [0.1, 0.15) is 0 Å². The molecule has 0 fully saturated rings. The number of carboxylic acid groups (broad SMARTS) is 1. The maximum atomic E-state index is 12.1. The molecule has 5 nitrogen and oxygen atoms in total. The van der Waals surface area contributed by atoms with Gasteiger partial charge in [-0.15, -0.1) is 0 Å². The van der Waals surface area contributed by atoms with Crippen molar-refractivity contribution in [1.29, 1.82) is 0 Å². The summed E-state index contributed by atoms with van der Waals surface area (Å²) in [6.07, 6.45) is 2.69. The van der Waals surface area contributed by atoms with E-state index in [1.165, 1.54) is 30.4 Å². The number of aliphatic carboxylic acids is 1. The normalized spacial score (nSPS) is 10.7. The molecule has 0 atom stereocenters. The molecule has 0 radical (unpaired) electrons. The van der Waals surface area contributed by atoms with E-state index in [4.69, 9.17) is 5.11 Å². The molecule has 22 heavy (non-hydrogen) atoms. The summed E-state index contributed by atoms with van der Waals surface area (Å²) in [5.41, 5.74) is 1.50. The van der Waals surface area contributed by atoms with Crippen LogP contribution < -0.4 is 0 Å². The van der Waals surface area contributed by atoms with Gasteiger partial charge in [0.15, 0.2) is 17.3 Å². The summed E-state index contributed by atoms with van der Waals surface area (Å²) < 4.78 is 0. The van der Waals surface area contributed by atoms with Crippen LogP contribution in [0.15, 0.2) is 48.5 Å². The molecule has 5 heteroatoms. The molecule has 0 aliphatic carbocycles. The number of aromatic hydroxyl groups is 2. The molecule has 0 aliphatic heterocycles. The van der Waals surface area contributed by atoms with E-state index in [0.29, 0.717) is 16.7 Å². The number of phenolic OH excluding ortho intramolecular Hbond substituents is 2. The Kier molecular flexibility index (Phi) is 4.58. The Morgan fingerprint density at radius 2 is 1.77 bits per heavy atom. The third-order valence-corrected chi connectivity index (χ3v) is 2.99. The first-order chi connectivity index (χ1) is 10.5. The van der Waals surface area contributed by atoms with Gasteiger partial charge in [-0.2, -0.15) is 0 Å². The van der Waals surface area contributed by atoms with Crippen molar-refractivity contribution in [3.63, 3.8) is 0 Å². The van der Waals surface area contributed by atoms with E-state index >= 15 is 0 Å². The Bertz CT molecular complexity index is 746. The van der Waals surface area contributed by atoms with Crippen molar-refractivity contribution in [3.8, 4) is 11.5 Å². The molecule has 0 aromatic heterocycles. The van der Waals surface area contributed by atoms with Crippen LogP contribution in [0.25, 0.3) is 6.08 Å². The first-order valence-electron chi connectivity index (χ1n) is 6.51. The maximum absolute atomic E-state index is 12.1. The van der Waals surface area contributed by atoms with E-state index in [0.717, 1.165) is 0 Å². The second-order valence-corrected chi connectivity index (χ2v) is 4.72. The lowest BCUT2D eigenvalue weighted by Gasteiger charge is -2.01. The number of rotatable bonds is 5. The average molecular weight is 298 g/mol. The highest BCUT2D eigenvalue weighted by molar-refractivity contribution is 6.07. The minimum atomic E-state index is -0.959. The third-order valence-electron chi connectivity index (χ3n) is 2.99. The van der Waals surface area contributed by atoms with Crippen LogP contribution in [0.5, 0.6) is 11.5 Å². The number of hydrogen-bond donors (Lipinski definition) is 3. The molecule has 0 amide bonds. The number of ketones is 1. The number of allylic oxidation sites excluding steroid dienone is 1. The molecule has 2 aromatic carbocycles. The zero-order valence-electron chi connectivity index (χ0n) is 11.6. The van der Waals surface area contributed by atoms with Crippen LogP contribution in [-0.4, -0.2) is 27.1 Å². The van der Waals surface area contributed by atoms with E-state index < -0.39 is 5.97 Å². The quantitative estimate of drug-likeness (QED) is 0.448. The zero-order chi connectivity index (χ0) is 16.1. The molecule has 3 N–H and O–H groups in total. The minimum absolute atomic E-state index is 0.142. The highest BCUT2D eigenvalue weighted by Gasteiger charge is 2.06. The van der Waals surface area contributed by atoms with Gasteiger partial charge in [-0.25, -0.2) is 0 Å². The van der Waals surface area contributed by atoms with Gasteiger partial charge in [-0.05, 0) is 35.4 Å². The summed E-state index contributed by atoms with van der Waals surface area (Å²) in [4.78, 5) is 22.7. The van der Waals surface area contributed by atoms with Crippen molar-refractivity contribution in [3.05, 3.63) is 65.2 Å². The standard InChI is InChI=1S/C17H14O5/c18-14(6-4-11-5-7-15(19)16(20)9-11)13-3-1-2-12(8-13)10-17(21)22/h1-9,19-20H,10H2,(H,21,22). The maximum Gasteiger partial charge on any atom is 0.307 e. The molecular weight excluding hydrogens is 284 g/mol. The van der Waals surface area contributed by atoms with Crippen molar-refractivity contribution in [2.75, 3.05) is 0 Å². The van der Waals surface area contributed by atoms with Crippen molar-refractivity contribution < 1.29 is 24.9 Å². The van der Waals surface area contributed by atoms with Crippen LogP contribution in [-0.2, 0) is 11.2 Å². The molecule has 0 aliphatic rings. The lowest BCUT2D eigenvalue weighted by Crippen LogP contribution is -2.02. The summed E-state index contributed by atoms with van der Waals surface area (Å²) in [5.74, 6) is -1.73. The number of benzene rings is 2. The van der Waals surface area contributed by atoms with Crippen LogP contribution in [0.3, 0.4) is 0 Å². The summed E-state index contributed by atoms with van der Waals surface area (Å²) >= 11 is 0. The molecule has 0 saturated carbocycles. The van der Waals surface area contributed by atoms with E-state index in [9.17, 15) is 19.8 Å². The Morgan fingerprint density at radius 1 is 1.00 bits per heavy atom. The zero-order valence-corrected chi connectivity index (χ0v) is 11.6. The van der Waals surface area contributed by atoms with E-state index in [2.05, 4.69) is 0 Å². The minimum Gasteiger partial charge on any atom is -0.504 e. The monoisotopic (exact) mass is 298 g/mol.